The second-order valence-corrected chi connectivity index (χ2v) is 7.28. The van der Waals surface area contributed by atoms with E-state index < -0.39 is 11.0 Å². The molecule has 7 heteroatoms. The Morgan fingerprint density at radius 3 is 2.04 bits per heavy atom. The van der Waals surface area contributed by atoms with Gasteiger partial charge in [-0.1, -0.05) is 76.6 Å². The average molecular weight is 437 g/mol. The molecular formula is C21H17BrN4O2. The number of halogens is 1. The summed E-state index contributed by atoms with van der Waals surface area (Å²) in [6.07, 6.45) is -0.351. The number of nitrogens with zero attached hydrogens (tertiary/aromatic N) is 3. The highest BCUT2D eigenvalue weighted by molar-refractivity contribution is 9.10. The van der Waals surface area contributed by atoms with E-state index in [4.69, 9.17) is 0 Å². The Labute approximate surface area is 170 Å². The number of anilines is 1. The summed E-state index contributed by atoms with van der Waals surface area (Å²) in [6.45, 7) is 0. The maximum Gasteiger partial charge on any atom is 0.385 e. The summed E-state index contributed by atoms with van der Waals surface area (Å²) >= 11 is 3.43. The van der Waals surface area contributed by atoms with Crippen LogP contribution in [0, 0.1) is 10.1 Å². The molecular weight excluding hydrogens is 420 g/mol. The molecule has 0 spiro atoms. The van der Waals surface area contributed by atoms with Gasteiger partial charge in [-0.3, -0.25) is 5.32 Å². The quantitative estimate of drug-likeness (QED) is 0.468. The van der Waals surface area contributed by atoms with Crippen molar-refractivity contribution in [3.8, 4) is 0 Å². The van der Waals surface area contributed by atoms with Crippen LogP contribution in [0.1, 0.15) is 23.3 Å². The van der Waals surface area contributed by atoms with Gasteiger partial charge in [0.05, 0.1) is 10.8 Å². The zero-order valence-electron chi connectivity index (χ0n) is 14.8. The van der Waals surface area contributed by atoms with Crippen LogP contribution in [0.15, 0.2) is 94.5 Å². The van der Waals surface area contributed by atoms with Gasteiger partial charge in [0.25, 0.3) is 0 Å². The minimum absolute atomic E-state index is 0.138. The molecule has 0 unspecified atom stereocenters. The Hall–Kier alpha value is -3.03. The van der Waals surface area contributed by atoms with Crippen molar-refractivity contribution in [3.63, 3.8) is 0 Å². The van der Waals surface area contributed by atoms with Crippen LogP contribution in [0.5, 0.6) is 0 Å². The number of hydrogen-bond donors (Lipinski definition) is 1. The molecule has 140 valence electrons. The van der Waals surface area contributed by atoms with Gasteiger partial charge in [0.15, 0.2) is 6.17 Å². The van der Waals surface area contributed by atoms with E-state index in [0.717, 1.165) is 21.3 Å². The Balaban J connectivity index is 1.84. The lowest BCUT2D eigenvalue weighted by Gasteiger charge is -2.33. The lowest BCUT2D eigenvalue weighted by molar-refractivity contribution is -0.356. The number of nitro groups is 1. The number of hydrogen-bond acceptors (Lipinski definition) is 5. The van der Waals surface area contributed by atoms with Crippen molar-refractivity contribution < 1.29 is 4.92 Å². The lowest BCUT2D eigenvalue weighted by Crippen LogP contribution is -2.48. The van der Waals surface area contributed by atoms with Gasteiger partial charge in [-0.15, -0.1) is 0 Å². The molecule has 0 aromatic heterocycles. The first-order valence-electron chi connectivity index (χ1n) is 8.77. The SMILES string of the molecule is O=[N+]([O-])C1=NN(c2ccc(Br)cc2)[C@@H](c2ccccc2)N[C@H]1c1ccccc1. The van der Waals surface area contributed by atoms with E-state index in [-0.39, 0.29) is 12.0 Å². The molecule has 0 saturated heterocycles. The van der Waals surface area contributed by atoms with Crippen molar-refractivity contribution >= 4 is 27.5 Å². The monoisotopic (exact) mass is 436 g/mol. The first kappa shape index (κ1) is 18.3. The minimum Gasteiger partial charge on any atom is -0.358 e. The van der Waals surface area contributed by atoms with E-state index in [1.54, 1.807) is 5.01 Å². The highest BCUT2D eigenvalue weighted by Crippen LogP contribution is 2.33. The Bertz CT molecular complexity index is 994. The third-order valence-electron chi connectivity index (χ3n) is 4.56. The summed E-state index contributed by atoms with van der Waals surface area (Å²) in [5, 5.41) is 21.4. The molecule has 0 aliphatic carbocycles. The van der Waals surface area contributed by atoms with Crippen LogP contribution in [0.2, 0.25) is 0 Å². The maximum absolute atomic E-state index is 11.8. The zero-order chi connectivity index (χ0) is 19.5. The Kier molecular flexibility index (Phi) is 5.18. The number of amidine groups is 1. The summed E-state index contributed by atoms with van der Waals surface area (Å²) in [7, 11) is 0. The van der Waals surface area contributed by atoms with Crippen molar-refractivity contribution in [2.45, 2.75) is 12.2 Å². The fourth-order valence-electron chi connectivity index (χ4n) is 3.23. The van der Waals surface area contributed by atoms with E-state index >= 15 is 0 Å². The zero-order valence-corrected chi connectivity index (χ0v) is 16.4. The third-order valence-corrected chi connectivity index (χ3v) is 5.09. The van der Waals surface area contributed by atoms with Gasteiger partial charge >= 0.3 is 5.84 Å². The van der Waals surface area contributed by atoms with Crippen molar-refractivity contribution in [1.82, 2.24) is 5.32 Å². The van der Waals surface area contributed by atoms with Gasteiger partial charge < -0.3 is 10.1 Å². The standard InChI is InChI=1S/C21H17BrN4O2/c22-17-11-13-18(14-12-17)25-20(16-9-5-2-6-10-16)23-19(21(24-25)26(27)28)15-7-3-1-4-8-15/h1-14,19-20,23H/t19-,20-/m0/s1. The van der Waals surface area contributed by atoms with Crippen LogP contribution < -0.4 is 10.3 Å². The molecule has 3 aromatic rings. The fraction of sp³-hybridized carbons (Fsp3) is 0.0952. The molecule has 6 nitrogen and oxygen atoms in total. The minimum atomic E-state index is -0.617. The number of benzene rings is 3. The molecule has 28 heavy (non-hydrogen) atoms. The van der Waals surface area contributed by atoms with Crippen LogP contribution in [0.4, 0.5) is 5.69 Å². The molecule has 0 radical (unpaired) electrons. The summed E-state index contributed by atoms with van der Waals surface area (Å²) in [5.41, 5.74) is 2.53. The van der Waals surface area contributed by atoms with Gasteiger partial charge in [0, 0.05) is 4.47 Å². The molecule has 3 aromatic carbocycles. The first-order valence-corrected chi connectivity index (χ1v) is 9.56. The van der Waals surface area contributed by atoms with E-state index in [2.05, 4.69) is 26.3 Å². The number of nitrogens with one attached hydrogen (secondary N) is 1. The molecule has 1 aliphatic heterocycles. The van der Waals surface area contributed by atoms with Crippen molar-refractivity contribution in [1.29, 1.82) is 0 Å². The predicted molar refractivity (Wildman–Crippen MR) is 113 cm³/mol. The highest BCUT2D eigenvalue weighted by Gasteiger charge is 2.41. The predicted octanol–water partition coefficient (Wildman–Crippen LogP) is 4.89. The van der Waals surface area contributed by atoms with Gasteiger partial charge in [0.2, 0.25) is 0 Å². The highest BCUT2D eigenvalue weighted by atomic mass is 79.9. The van der Waals surface area contributed by atoms with E-state index in [1.165, 1.54) is 0 Å². The topological polar surface area (TPSA) is 70.8 Å². The van der Waals surface area contributed by atoms with Crippen LogP contribution in [0.3, 0.4) is 0 Å². The fourth-order valence-corrected chi connectivity index (χ4v) is 3.50. The molecule has 0 saturated carbocycles. The van der Waals surface area contributed by atoms with Gasteiger partial charge in [0.1, 0.15) is 6.04 Å². The smallest absolute Gasteiger partial charge is 0.358 e. The van der Waals surface area contributed by atoms with Crippen molar-refractivity contribution in [2.75, 3.05) is 5.01 Å². The largest absolute Gasteiger partial charge is 0.385 e. The van der Waals surface area contributed by atoms with Crippen molar-refractivity contribution in [2.24, 2.45) is 5.10 Å². The number of rotatable bonds is 3. The molecule has 4 rings (SSSR count). The molecule has 1 N–H and O–H groups in total. The molecule has 0 fully saturated rings. The molecule has 0 bridgehead atoms. The molecule has 0 amide bonds. The lowest BCUT2D eigenvalue weighted by atomic mass is 10.0. The summed E-state index contributed by atoms with van der Waals surface area (Å²) in [5.74, 6) is -0.138. The first-order chi connectivity index (χ1) is 13.6. The average Bonchev–Trinajstić information content (AvgIpc) is 2.74. The normalized spacial score (nSPS) is 19.2. The van der Waals surface area contributed by atoms with E-state index in [0.29, 0.717) is 0 Å². The second-order valence-electron chi connectivity index (χ2n) is 6.36. The van der Waals surface area contributed by atoms with Gasteiger partial charge in [-0.25, -0.2) is 0 Å². The summed E-state index contributed by atoms with van der Waals surface area (Å²) in [6, 6.07) is 26.1. The van der Waals surface area contributed by atoms with Crippen LogP contribution >= 0.6 is 15.9 Å². The number of hydrazone groups is 1. The van der Waals surface area contributed by atoms with E-state index in [9.17, 15) is 10.1 Å². The molecule has 1 aliphatic rings. The van der Waals surface area contributed by atoms with Crippen molar-refractivity contribution in [3.05, 3.63) is 111 Å². The maximum atomic E-state index is 11.8. The molecule has 1 heterocycles. The van der Waals surface area contributed by atoms with Crippen LogP contribution in [-0.2, 0) is 0 Å². The summed E-state index contributed by atoms with van der Waals surface area (Å²) in [4.78, 5) is 11.4. The summed E-state index contributed by atoms with van der Waals surface area (Å²) < 4.78 is 0.929. The van der Waals surface area contributed by atoms with Gasteiger partial charge in [-0.2, -0.15) is 5.01 Å². The van der Waals surface area contributed by atoms with E-state index in [1.807, 2.05) is 84.9 Å². The third kappa shape index (κ3) is 3.67. The Morgan fingerprint density at radius 1 is 0.893 bits per heavy atom. The van der Waals surface area contributed by atoms with Crippen LogP contribution in [-0.4, -0.2) is 10.8 Å². The Morgan fingerprint density at radius 2 is 1.46 bits per heavy atom. The van der Waals surface area contributed by atoms with Crippen LogP contribution in [0.25, 0.3) is 0 Å². The van der Waals surface area contributed by atoms with Gasteiger partial charge in [-0.05, 0) is 40.3 Å². The second kappa shape index (κ2) is 7.92. The molecule has 2 atom stereocenters.